The van der Waals surface area contributed by atoms with Crippen molar-refractivity contribution >= 4 is 11.5 Å². The van der Waals surface area contributed by atoms with Crippen LogP contribution in [0.5, 0.6) is 0 Å². The van der Waals surface area contributed by atoms with E-state index in [9.17, 15) is 9.90 Å². The predicted octanol–water partition coefficient (Wildman–Crippen LogP) is 3.85. The average molecular weight is 425 g/mol. The zero-order chi connectivity index (χ0) is 21.9. The largest absolute Gasteiger partial charge is 0.389 e. The van der Waals surface area contributed by atoms with Crippen molar-refractivity contribution in [2.45, 2.75) is 51.2 Å². The van der Waals surface area contributed by atoms with Crippen LogP contribution in [-0.4, -0.2) is 55.9 Å². The number of rotatable bonds is 12. The van der Waals surface area contributed by atoms with Gasteiger partial charge in [0.1, 0.15) is 6.10 Å². The predicted molar refractivity (Wildman–Crippen MR) is 126 cm³/mol. The van der Waals surface area contributed by atoms with Gasteiger partial charge in [-0.05, 0) is 49.9 Å². The Balaban J connectivity index is 1.64. The van der Waals surface area contributed by atoms with Gasteiger partial charge in [-0.1, -0.05) is 49.4 Å². The Kier molecular flexibility index (Phi) is 9.53. The highest BCUT2D eigenvalue weighted by molar-refractivity contribution is 5.99. The van der Waals surface area contributed by atoms with Crippen molar-refractivity contribution < 1.29 is 14.6 Å². The summed E-state index contributed by atoms with van der Waals surface area (Å²) in [4.78, 5) is 15.5. The van der Waals surface area contributed by atoms with Gasteiger partial charge < -0.3 is 20.1 Å². The number of carbonyl (C=O) groups is 1. The molecule has 0 radical (unpaired) electrons. The van der Waals surface area contributed by atoms with Crippen molar-refractivity contribution in [3.05, 3.63) is 65.7 Å². The maximum absolute atomic E-state index is 13.1. The molecule has 31 heavy (non-hydrogen) atoms. The second-order valence-electron chi connectivity index (χ2n) is 8.33. The van der Waals surface area contributed by atoms with Gasteiger partial charge in [-0.15, -0.1) is 0 Å². The molecule has 2 aromatic rings. The SMILES string of the molecule is CCCNCC(O)COC(Cc1ccc(N2CCCCC2)cc1)C(=O)c1ccccc1. The summed E-state index contributed by atoms with van der Waals surface area (Å²) in [5, 5.41) is 13.4. The quantitative estimate of drug-likeness (QED) is 0.400. The summed E-state index contributed by atoms with van der Waals surface area (Å²) in [5.41, 5.74) is 2.94. The zero-order valence-electron chi connectivity index (χ0n) is 18.6. The Morgan fingerprint density at radius 1 is 1.06 bits per heavy atom. The molecule has 1 heterocycles. The Labute approximate surface area is 186 Å². The van der Waals surface area contributed by atoms with Gasteiger partial charge in [-0.2, -0.15) is 0 Å². The fraction of sp³-hybridized carbons (Fsp3) is 0.500. The van der Waals surface area contributed by atoms with Crippen LogP contribution in [0.1, 0.15) is 48.5 Å². The molecule has 0 saturated carbocycles. The molecule has 1 aliphatic heterocycles. The van der Waals surface area contributed by atoms with Crippen LogP contribution in [0, 0.1) is 0 Å². The Morgan fingerprint density at radius 2 is 1.77 bits per heavy atom. The first-order valence-electron chi connectivity index (χ1n) is 11.6. The summed E-state index contributed by atoms with van der Waals surface area (Å²) in [6.45, 7) is 5.76. The molecule has 5 nitrogen and oxygen atoms in total. The first kappa shape index (κ1) is 23.5. The molecule has 0 aliphatic carbocycles. The van der Waals surface area contributed by atoms with Gasteiger partial charge in [-0.25, -0.2) is 0 Å². The highest BCUT2D eigenvalue weighted by Crippen LogP contribution is 2.21. The Bertz CT molecular complexity index is 773. The van der Waals surface area contributed by atoms with Crippen LogP contribution in [0.15, 0.2) is 54.6 Å². The summed E-state index contributed by atoms with van der Waals surface area (Å²) >= 11 is 0. The molecular formula is C26H36N2O3. The van der Waals surface area contributed by atoms with Gasteiger partial charge in [0.25, 0.3) is 0 Å². The first-order chi connectivity index (χ1) is 15.2. The van der Waals surface area contributed by atoms with Crippen molar-refractivity contribution in [1.82, 2.24) is 5.32 Å². The number of ketones is 1. The normalized spacial score (nSPS) is 16.1. The van der Waals surface area contributed by atoms with Gasteiger partial charge in [-0.3, -0.25) is 4.79 Å². The van der Waals surface area contributed by atoms with Crippen molar-refractivity contribution in [2.75, 3.05) is 37.7 Å². The summed E-state index contributed by atoms with van der Waals surface area (Å²) in [6, 6.07) is 17.7. The highest BCUT2D eigenvalue weighted by Gasteiger charge is 2.23. The number of aliphatic hydroxyl groups excluding tert-OH is 1. The smallest absolute Gasteiger partial charge is 0.191 e. The molecule has 2 atom stereocenters. The molecule has 2 N–H and O–H groups in total. The standard InChI is InChI=1S/C26H36N2O3/c1-2-15-27-19-24(29)20-31-25(26(30)22-9-5-3-6-10-22)18-21-11-13-23(14-12-21)28-16-7-4-8-17-28/h3,5-6,9-14,24-25,27,29H,2,4,7-8,15-20H2,1H3. The van der Waals surface area contributed by atoms with Crippen LogP contribution in [0.2, 0.25) is 0 Å². The fourth-order valence-corrected chi connectivity index (χ4v) is 3.96. The number of nitrogens with zero attached hydrogens (tertiary/aromatic N) is 1. The summed E-state index contributed by atoms with van der Waals surface area (Å²) in [7, 11) is 0. The molecule has 2 unspecified atom stereocenters. The lowest BCUT2D eigenvalue weighted by Crippen LogP contribution is -2.35. The number of carbonyl (C=O) groups excluding carboxylic acids is 1. The van der Waals surface area contributed by atoms with Gasteiger partial charge in [0, 0.05) is 37.3 Å². The van der Waals surface area contributed by atoms with E-state index >= 15 is 0 Å². The summed E-state index contributed by atoms with van der Waals surface area (Å²) < 4.78 is 5.95. The van der Waals surface area contributed by atoms with E-state index in [1.807, 2.05) is 30.3 Å². The van der Waals surface area contributed by atoms with Crippen LogP contribution in [0.25, 0.3) is 0 Å². The molecule has 0 spiro atoms. The van der Waals surface area contributed by atoms with Crippen molar-refractivity contribution in [3.63, 3.8) is 0 Å². The van der Waals surface area contributed by atoms with Crippen LogP contribution in [-0.2, 0) is 11.2 Å². The van der Waals surface area contributed by atoms with E-state index in [0.29, 0.717) is 18.5 Å². The van der Waals surface area contributed by atoms with E-state index in [1.165, 1.54) is 24.9 Å². The molecular weight excluding hydrogens is 388 g/mol. The lowest BCUT2D eigenvalue weighted by Gasteiger charge is -2.29. The lowest BCUT2D eigenvalue weighted by molar-refractivity contribution is -0.00162. The topological polar surface area (TPSA) is 61.8 Å². The molecule has 0 amide bonds. The third-order valence-electron chi connectivity index (χ3n) is 5.73. The molecule has 1 aliphatic rings. The minimum Gasteiger partial charge on any atom is -0.389 e. The number of piperidine rings is 1. The summed E-state index contributed by atoms with van der Waals surface area (Å²) in [6.07, 6.45) is 4.05. The number of hydrogen-bond donors (Lipinski definition) is 2. The number of benzene rings is 2. The number of ether oxygens (including phenoxy) is 1. The Morgan fingerprint density at radius 3 is 2.45 bits per heavy atom. The molecule has 0 bridgehead atoms. The third kappa shape index (κ3) is 7.46. The van der Waals surface area contributed by atoms with Crippen LogP contribution < -0.4 is 10.2 Å². The van der Waals surface area contributed by atoms with Gasteiger partial charge in [0.2, 0.25) is 0 Å². The molecule has 168 valence electrons. The number of hydrogen-bond acceptors (Lipinski definition) is 5. The number of aliphatic hydroxyl groups is 1. The van der Waals surface area contributed by atoms with Crippen LogP contribution >= 0.6 is 0 Å². The van der Waals surface area contributed by atoms with E-state index < -0.39 is 12.2 Å². The van der Waals surface area contributed by atoms with Crippen molar-refractivity contribution in [3.8, 4) is 0 Å². The molecule has 2 aromatic carbocycles. The number of Topliss-reactive ketones (excluding diaryl/α,β-unsaturated/α-hetero) is 1. The minimum absolute atomic E-state index is 0.0468. The second-order valence-corrected chi connectivity index (χ2v) is 8.33. The van der Waals surface area contributed by atoms with E-state index in [4.69, 9.17) is 4.74 Å². The molecule has 5 heteroatoms. The maximum Gasteiger partial charge on any atom is 0.191 e. The molecule has 1 fully saturated rings. The van der Waals surface area contributed by atoms with E-state index in [0.717, 1.165) is 31.6 Å². The van der Waals surface area contributed by atoms with Gasteiger partial charge in [0.05, 0.1) is 12.7 Å². The number of anilines is 1. The van der Waals surface area contributed by atoms with Crippen molar-refractivity contribution in [2.24, 2.45) is 0 Å². The number of nitrogens with one attached hydrogen (secondary N) is 1. The third-order valence-corrected chi connectivity index (χ3v) is 5.73. The van der Waals surface area contributed by atoms with E-state index in [2.05, 4.69) is 41.4 Å². The molecule has 1 saturated heterocycles. The summed E-state index contributed by atoms with van der Waals surface area (Å²) in [5.74, 6) is -0.0468. The minimum atomic E-state index is -0.640. The second kappa shape index (κ2) is 12.6. The van der Waals surface area contributed by atoms with Gasteiger partial charge in [0.15, 0.2) is 5.78 Å². The Hall–Kier alpha value is -2.21. The van der Waals surface area contributed by atoms with Crippen molar-refractivity contribution in [1.29, 1.82) is 0 Å². The monoisotopic (exact) mass is 424 g/mol. The van der Waals surface area contributed by atoms with Crippen LogP contribution in [0.4, 0.5) is 5.69 Å². The molecule has 0 aromatic heterocycles. The molecule has 3 rings (SSSR count). The highest BCUT2D eigenvalue weighted by atomic mass is 16.5. The maximum atomic E-state index is 13.1. The van der Waals surface area contributed by atoms with E-state index in [1.54, 1.807) is 0 Å². The van der Waals surface area contributed by atoms with Gasteiger partial charge >= 0.3 is 0 Å². The van der Waals surface area contributed by atoms with Crippen LogP contribution in [0.3, 0.4) is 0 Å². The first-order valence-corrected chi connectivity index (χ1v) is 11.6. The van der Waals surface area contributed by atoms with E-state index in [-0.39, 0.29) is 12.4 Å². The lowest BCUT2D eigenvalue weighted by atomic mass is 9.99. The average Bonchev–Trinajstić information content (AvgIpc) is 2.83. The zero-order valence-corrected chi connectivity index (χ0v) is 18.6. The fourth-order valence-electron chi connectivity index (χ4n) is 3.96.